The third-order valence-electron chi connectivity index (χ3n) is 8.54. The maximum absolute atomic E-state index is 12.8. The second-order valence-corrected chi connectivity index (χ2v) is 10.4. The average Bonchev–Trinajstić information content (AvgIpc) is 3.15. The molecule has 2 aromatic rings. The number of hydrogen-bond donors (Lipinski definition) is 0. The molecule has 1 aliphatic heterocycles. The van der Waals surface area contributed by atoms with Crippen molar-refractivity contribution in [1.82, 2.24) is 4.98 Å². The van der Waals surface area contributed by atoms with Crippen molar-refractivity contribution in [2.24, 2.45) is 17.3 Å². The van der Waals surface area contributed by atoms with E-state index >= 15 is 0 Å². The van der Waals surface area contributed by atoms with E-state index in [-0.39, 0.29) is 17.3 Å². The Morgan fingerprint density at radius 2 is 2.06 bits per heavy atom. The number of hydrogen-bond acceptors (Lipinski definition) is 3. The van der Waals surface area contributed by atoms with Gasteiger partial charge in [0.05, 0.1) is 5.57 Å². The Kier molecular flexibility index (Phi) is 4.64. The van der Waals surface area contributed by atoms with Crippen molar-refractivity contribution in [3.8, 4) is 0 Å². The highest BCUT2D eigenvalue weighted by molar-refractivity contribution is 6.00. The summed E-state index contributed by atoms with van der Waals surface area (Å²) in [6.45, 7) is 4.62. The molecule has 2 heterocycles. The largest absolute Gasteiger partial charge is 0.489 e. The minimum Gasteiger partial charge on any atom is -0.489 e. The van der Waals surface area contributed by atoms with Crippen LogP contribution in [0.25, 0.3) is 10.8 Å². The van der Waals surface area contributed by atoms with Crippen molar-refractivity contribution in [3.63, 3.8) is 0 Å². The van der Waals surface area contributed by atoms with Crippen LogP contribution in [-0.4, -0.2) is 16.9 Å². The van der Waals surface area contributed by atoms with Crippen molar-refractivity contribution >= 4 is 16.6 Å². The predicted octanol–water partition coefficient (Wildman–Crippen LogP) is 6.66. The minimum atomic E-state index is 0.0578. The number of ketones is 1. The lowest BCUT2D eigenvalue weighted by atomic mass is 9.64. The molecule has 32 heavy (non-hydrogen) atoms. The van der Waals surface area contributed by atoms with Crippen LogP contribution >= 0.6 is 0 Å². The lowest BCUT2D eigenvalue weighted by Gasteiger charge is -2.45. The highest BCUT2D eigenvalue weighted by atomic mass is 16.5. The van der Waals surface area contributed by atoms with Gasteiger partial charge in [0.1, 0.15) is 11.9 Å². The predicted molar refractivity (Wildman–Crippen MR) is 127 cm³/mol. The molecule has 6 rings (SSSR count). The first-order chi connectivity index (χ1) is 15.6. The Balaban J connectivity index is 1.33. The lowest BCUT2D eigenvalue weighted by molar-refractivity contribution is -0.117. The number of fused-ring (bicyclic) bond motifs is 4. The van der Waals surface area contributed by atoms with Gasteiger partial charge >= 0.3 is 0 Å². The first-order valence-corrected chi connectivity index (χ1v) is 12.2. The Labute approximate surface area is 190 Å². The first-order valence-electron chi connectivity index (χ1n) is 12.2. The smallest absolute Gasteiger partial charge is 0.166 e. The van der Waals surface area contributed by atoms with Gasteiger partial charge in [0.25, 0.3) is 0 Å². The van der Waals surface area contributed by atoms with Gasteiger partial charge in [0.15, 0.2) is 5.78 Å². The zero-order valence-corrected chi connectivity index (χ0v) is 19.0. The van der Waals surface area contributed by atoms with E-state index in [2.05, 4.69) is 61.3 Å². The van der Waals surface area contributed by atoms with Gasteiger partial charge in [-0.2, -0.15) is 0 Å². The van der Waals surface area contributed by atoms with Gasteiger partial charge in [0, 0.05) is 36.5 Å². The van der Waals surface area contributed by atoms with E-state index in [9.17, 15) is 4.79 Å². The van der Waals surface area contributed by atoms with Crippen LogP contribution < -0.4 is 0 Å². The molecule has 1 aromatic carbocycles. The molecule has 164 valence electrons. The normalized spacial score (nSPS) is 33.4. The topological polar surface area (TPSA) is 39.2 Å². The van der Waals surface area contributed by atoms with Crippen molar-refractivity contribution in [2.75, 3.05) is 0 Å². The molecule has 0 saturated heterocycles. The SMILES string of the molecule is CCCC1CC(=O)C2=C(C1)O[C@@H]1C(=C2)C=C[C@]2(C)[C@@H](c3ccc4cnccc4c3)CC[C@@H]12. The average molecular weight is 426 g/mol. The highest BCUT2D eigenvalue weighted by Crippen LogP contribution is 2.59. The monoisotopic (exact) mass is 425 g/mol. The number of carbonyl (C=O) groups is 1. The molecule has 0 radical (unpaired) electrons. The van der Waals surface area contributed by atoms with Gasteiger partial charge in [-0.25, -0.2) is 0 Å². The molecule has 0 amide bonds. The Hall–Kier alpha value is -2.68. The summed E-state index contributed by atoms with van der Waals surface area (Å²) in [6.07, 6.45) is 16.8. The van der Waals surface area contributed by atoms with Crippen LogP contribution in [0.4, 0.5) is 0 Å². The molecule has 3 heteroatoms. The van der Waals surface area contributed by atoms with Crippen LogP contribution in [0.15, 0.2) is 71.8 Å². The van der Waals surface area contributed by atoms with E-state index in [1.165, 1.54) is 28.3 Å². The lowest BCUT2D eigenvalue weighted by Crippen LogP contribution is -2.41. The summed E-state index contributed by atoms with van der Waals surface area (Å²) in [5, 5.41) is 2.45. The fraction of sp³-hybridized carbons (Fsp3) is 0.448. The molecule has 0 bridgehead atoms. The Morgan fingerprint density at radius 3 is 2.94 bits per heavy atom. The quantitative estimate of drug-likeness (QED) is 0.552. The van der Waals surface area contributed by atoms with E-state index in [1.807, 2.05) is 12.4 Å². The third-order valence-corrected chi connectivity index (χ3v) is 8.54. The number of rotatable bonds is 3. The number of ether oxygens (including phenoxy) is 1. The Bertz CT molecular complexity index is 1190. The number of pyridine rings is 1. The number of nitrogens with zero attached hydrogens (tertiary/aromatic N) is 1. The molecular weight excluding hydrogens is 394 g/mol. The molecule has 1 unspecified atom stereocenters. The Morgan fingerprint density at radius 1 is 1.16 bits per heavy atom. The van der Waals surface area contributed by atoms with Crippen LogP contribution in [0, 0.1) is 17.3 Å². The van der Waals surface area contributed by atoms with E-state index in [1.54, 1.807) is 0 Å². The van der Waals surface area contributed by atoms with Crippen LogP contribution in [0.3, 0.4) is 0 Å². The summed E-state index contributed by atoms with van der Waals surface area (Å²) < 4.78 is 6.71. The minimum absolute atomic E-state index is 0.0578. The van der Waals surface area contributed by atoms with Crippen molar-refractivity contribution in [3.05, 3.63) is 77.4 Å². The fourth-order valence-corrected chi connectivity index (χ4v) is 6.85. The van der Waals surface area contributed by atoms with E-state index < -0.39 is 0 Å². The summed E-state index contributed by atoms with van der Waals surface area (Å²) in [6, 6.07) is 8.96. The first kappa shape index (κ1) is 20.0. The molecule has 1 saturated carbocycles. The molecule has 5 atom stereocenters. The summed E-state index contributed by atoms with van der Waals surface area (Å²) in [4.78, 5) is 17.1. The number of benzene rings is 1. The maximum atomic E-state index is 12.8. The summed E-state index contributed by atoms with van der Waals surface area (Å²) in [5.74, 6) is 2.59. The van der Waals surface area contributed by atoms with E-state index in [4.69, 9.17) is 4.74 Å². The van der Waals surface area contributed by atoms with Gasteiger partial charge in [-0.1, -0.05) is 50.6 Å². The van der Waals surface area contributed by atoms with Crippen molar-refractivity contribution in [1.29, 1.82) is 0 Å². The van der Waals surface area contributed by atoms with Gasteiger partial charge < -0.3 is 4.74 Å². The maximum Gasteiger partial charge on any atom is 0.166 e. The molecular formula is C29H31NO2. The van der Waals surface area contributed by atoms with Crippen molar-refractivity contribution < 1.29 is 9.53 Å². The highest BCUT2D eigenvalue weighted by Gasteiger charge is 2.53. The van der Waals surface area contributed by atoms with E-state index in [0.717, 1.165) is 37.0 Å². The van der Waals surface area contributed by atoms with Gasteiger partial charge in [-0.15, -0.1) is 0 Å². The molecule has 3 nitrogen and oxygen atoms in total. The van der Waals surface area contributed by atoms with E-state index in [0.29, 0.717) is 24.2 Å². The second-order valence-electron chi connectivity index (χ2n) is 10.4. The number of Topliss-reactive ketones (excluding diaryl/α,β-unsaturated/α-hetero) is 1. The molecule has 0 N–H and O–H groups in total. The van der Waals surface area contributed by atoms with Gasteiger partial charge in [-0.05, 0) is 65.2 Å². The molecule has 1 fully saturated rings. The van der Waals surface area contributed by atoms with Crippen LogP contribution in [0.1, 0.15) is 63.9 Å². The molecule has 1 aromatic heterocycles. The summed E-state index contributed by atoms with van der Waals surface area (Å²) >= 11 is 0. The van der Waals surface area contributed by atoms with Crippen LogP contribution in [-0.2, 0) is 9.53 Å². The van der Waals surface area contributed by atoms with Gasteiger partial charge in [-0.3, -0.25) is 9.78 Å². The van der Waals surface area contributed by atoms with Crippen LogP contribution in [0.5, 0.6) is 0 Å². The second kappa shape index (κ2) is 7.43. The molecule has 4 aliphatic rings. The zero-order valence-electron chi connectivity index (χ0n) is 19.0. The fourth-order valence-electron chi connectivity index (χ4n) is 6.85. The molecule has 0 spiro atoms. The number of allylic oxidation sites excluding steroid dienone is 4. The van der Waals surface area contributed by atoms with Gasteiger partial charge in [0.2, 0.25) is 0 Å². The summed E-state index contributed by atoms with van der Waals surface area (Å²) in [5.41, 5.74) is 3.51. The zero-order chi connectivity index (χ0) is 21.9. The van der Waals surface area contributed by atoms with Crippen LogP contribution in [0.2, 0.25) is 0 Å². The van der Waals surface area contributed by atoms with Crippen molar-refractivity contribution in [2.45, 2.75) is 64.4 Å². The third kappa shape index (κ3) is 3.01. The number of carbonyl (C=O) groups excluding carboxylic acids is 1. The summed E-state index contributed by atoms with van der Waals surface area (Å²) in [7, 11) is 0. The standard InChI is InChI=1S/C29H31NO2/c1-3-4-18-13-26(31)23-16-21-9-11-29(2)24(7-8-25(29)28(21)32-27(23)14-18)20-5-6-22-17-30-12-10-19(22)15-20/h5-6,9-12,15-18,24-25,28H,3-4,7-8,13-14H2,1-2H3/t18?,24-,25+,28-,29-/m1/s1. The molecule has 3 aliphatic carbocycles. The number of aromatic nitrogens is 1.